The minimum absolute atomic E-state index is 0.0899. The van der Waals surface area contributed by atoms with Crippen molar-refractivity contribution < 1.29 is 24.4 Å². The summed E-state index contributed by atoms with van der Waals surface area (Å²) in [5.74, 6) is -1.56. The highest BCUT2D eigenvalue weighted by atomic mass is 16.6. The molecule has 130 valence electrons. The first kappa shape index (κ1) is 18.1. The van der Waals surface area contributed by atoms with Crippen LogP contribution >= 0.6 is 0 Å². The monoisotopic (exact) mass is 344 g/mol. The van der Waals surface area contributed by atoms with Crippen molar-refractivity contribution in [3.05, 3.63) is 69.8 Å². The molecule has 0 aromatic heterocycles. The Bertz CT molecular complexity index is 791. The second kappa shape index (κ2) is 8.02. The highest BCUT2D eigenvalue weighted by Gasteiger charge is 2.20. The molecule has 0 radical (unpaired) electrons. The van der Waals surface area contributed by atoms with Crippen LogP contribution in [0.3, 0.4) is 0 Å². The zero-order valence-electron chi connectivity index (χ0n) is 13.3. The van der Waals surface area contributed by atoms with Crippen molar-refractivity contribution in [2.75, 3.05) is 11.9 Å². The smallest absolute Gasteiger partial charge is 0.340 e. The van der Waals surface area contributed by atoms with Gasteiger partial charge in [-0.15, -0.1) is 0 Å². The number of nitrogens with one attached hydrogen (secondary N) is 1. The van der Waals surface area contributed by atoms with Gasteiger partial charge in [-0.1, -0.05) is 30.3 Å². The molecular formula is C17H16N2O6. The van der Waals surface area contributed by atoms with Crippen LogP contribution in [0.4, 0.5) is 11.4 Å². The Labute approximate surface area is 143 Å². The zero-order chi connectivity index (χ0) is 18.4. The number of hydrogen-bond donors (Lipinski definition) is 2. The number of aliphatic hydroxyl groups excluding tert-OH is 1. The van der Waals surface area contributed by atoms with Crippen LogP contribution in [0.15, 0.2) is 48.5 Å². The topological polar surface area (TPSA) is 119 Å². The molecule has 2 rings (SSSR count). The summed E-state index contributed by atoms with van der Waals surface area (Å²) in [5.41, 5.74) is 1.14. The number of anilines is 1. The fraction of sp³-hybridized carbons (Fsp3) is 0.176. The molecule has 8 heteroatoms. The van der Waals surface area contributed by atoms with Gasteiger partial charge in [0.25, 0.3) is 11.6 Å². The maximum absolute atomic E-state index is 11.8. The van der Waals surface area contributed by atoms with Gasteiger partial charge in [-0.2, -0.15) is 0 Å². The molecule has 0 fully saturated rings. The third-order valence-electron chi connectivity index (χ3n) is 3.38. The first-order valence-corrected chi connectivity index (χ1v) is 7.33. The van der Waals surface area contributed by atoms with Crippen LogP contribution in [0.5, 0.6) is 0 Å². The molecule has 0 unspecified atom stereocenters. The Morgan fingerprint density at radius 1 is 1.24 bits per heavy atom. The zero-order valence-corrected chi connectivity index (χ0v) is 13.3. The third-order valence-corrected chi connectivity index (χ3v) is 3.38. The number of carbonyl (C=O) groups is 2. The van der Waals surface area contributed by atoms with E-state index in [1.54, 1.807) is 37.3 Å². The van der Waals surface area contributed by atoms with E-state index in [1.807, 2.05) is 0 Å². The average molecular weight is 344 g/mol. The van der Waals surface area contributed by atoms with Crippen molar-refractivity contribution in [1.82, 2.24) is 0 Å². The van der Waals surface area contributed by atoms with E-state index in [9.17, 15) is 24.8 Å². The highest BCUT2D eigenvalue weighted by molar-refractivity contribution is 5.93. The number of hydrogen-bond acceptors (Lipinski definition) is 6. The van der Waals surface area contributed by atoms with Crippen LogP contribution in [0.1, 0.15) is 17.2 Å². The van der Waals surface area contributed by atoms with E-state index in [1.165, 1.54) is 18.2 Å². The van der Waals surface area contributed by atoms with Crippen LogP contribution in [-0.4, -0.2) is 28.5 Å². The molecule has 8 nitrogen and oxygen atoms in total. The van der Waals surface area contributed by atoms with Crippen molar-refractivity contribution in [1.29, 1.82) is 0 Å². The molecule has 0 aliphatic heterocycles. The van der Waals surface area contributed by atoms with Crippen molar-refractivity contribution in [3.63, 3.8) is 0 Å². The highest BCUT2D eigenvalue weighted by Crippen LogP contribution is 2.21. The molecule has 25 heavy (non-hydrogen) atoms. The second-order valence-electron chi connectivity index (χ2n) is 5.23. The lowest BCUT2D eigenvalue weighted by Crippen LogP contribution is -2.24. The summed E-state index contributed by atoms with van der Waals surface area (Å²) in [4.78, 5) is 33.7. The number of carbonyl (C=O) groups excluding carboxylic acids is 2. The van der Waals surface area contributed by atoms with Crippen molar-refractivity contribution >= 4 is 23.3 Å². The fourth-order valence-electron chi connectivity index (χ4n) is 2.07. The van der Waals surface area contributed by atoms with Crippen LogP contribution in [0.25, 0.3) is 0 Å². The number of amides is 1. The first-order valence-electron chi connectivity index (χ1n) is 7.33. The molecule has 2 N–H and O–H groups in total. The minimum atomic E-state index is -1.48. The van der Waals surface area contributed by atoms with Gasteiger partial charge in [-0.05, 0) is 24.1 Å². The molecule has 0 bridgehead atoms. The average Bonchev–Trinajstić information content (AvgIpc) is 2.61. The number of rotatable bonds is 6. The van der Waals surface area contributed by atoms with Gasteiger partial charge in [-0.3, -0.25) is 14.9 Å². The van der Waals surface area contributed by atoms with Gasteiger partial charge >= 0.3 is 5.97 Å². The number of aliphatic hydroxyl groups is 1. The van der Waals surface area contributed by atoms with Gasteiger partial charge in [0.1, 0.15) is 0 Å². The number of nitrogens with zero attached hydrogens (tertiary/aromatic N) is 1. The summed E-state index contributed by atoms with van der Waals surface area (Å²) in [7, 11) is 0. The Kier molecular flexibility index (Phi) is 5.80. The molecule has 1 amide bonds. The summed E-state index contributed by atoms with van der Waals surface area (Å²) < 4.78 is 4.78. The Hall–Kier alpha value is -3.26. The Morgan fingerprint density at radius 2 is 1.92 bits per heavy atom. The number of esters is 1. The summed E-state index contributed by atoms with van der Waals surface area (Å²) in [6.45, 7) is 1.02. The van der Waals surface area contributed by atoms with Gasteiger partial charge in [0.2, 0.25) is 0 Å². The number of nitro groups is 1. The number of benzene rings is 2. The summed E-state index contributed by atoms with van der Waals surface area (Å²) >= 11 is 0. The Morgan fingerprint density at radius 3 is 2.52 bits per heavy atom. The van der Waals surface area contributed by atoms with Gasteiger partial charge in [0.05, 0.1) is 4.92 Å². The van der Waals surface area contributed by atoms with Crippen molar-refractivity contribution in [3.8, 4) is 0 Å². The van der Waals surface area contributed by atoms with E-state index in [0.717, 1.165) is 0 Å². The lowest BCUT2D eigenvalue weighted by molar-refractivity contribution is -0.384. The van der Waals surface area contributed by atoms with Crippen molar-refractivity contribution in [2.24, 2.45) is 0 Å². The summed E-state index contributed by atoms with van der Waals surface area (Å²) in [5, 5.41) is 23.0. The predicted molar refractivity (Wildman–Crippen MR) is 88.8 cm³/mol. The van der Waals surface area contributed by atoms with E-state index in [4.69, 9.17) is 4.74 Å². The molecule has 2 aromatic carbocycles. The van der Waals surface area contributed by atoms with Gasteiger partial charge in [0, 0.05) is 17.8 Å². The standard InChI is InChI=1S/C17H16N2O6/c1-11-9-13(19(23)24)7-8-14(11)18-15(20)10-25-17(22)16(21)12-5-3-2-4-6-12/h2-9,16,21H,10H2,1H3,(H,18,20)/t16-/m1/s1. The van der Waals surface area contributed by atoms with Gasteiger partial charge < -0.3 is 15.2 Å². The number of aryl methyl sites for hydroxylation is 1. The molecule has 0 heterocycles. The van der Waals surface area contributed by atoms with Crippen LogP contribution < -0.4 is 5.32 Å². The molecule has 0 aliphatic carbocycles. The molecular weight excluding hydrogens is 328 g/mol. The predicted octanol–water partition coefficient (Wildman–Crippen LogP) is 2.12. The van der Waals surface area contributed by atoms with Gasteiger partial charge in [-0.25, -0.2) is 4.79 Å². The lowest BCUT2D eigenvalue weighted by atomic mass is 10.1. The summed E-state index contributed by atoms with van der Waals surface area (Å²) in [6, 6.07) is 12.2. The van der Waals surface area contributed by atoms with Crippen LogP contribution in [0, 0.1) is 17.0 Å². The van der Waals surface area contributed by atoms with E-state index < -0.39 is 29.5 Å². The maximum atomic E-state index is 11.8. The van der Waals surface area contributed by atoms with E-state index >= 15 is 0 Å². The lowest BCUT2D eigenvalue weighted by Gasteiger charge is -2.12. The van der Waals surface area contributed by atoms with E-state index in [-0.39, 0.29) is 5.69 Å². The molecule has 0 saturated carbocycles. The third kappa shape index (κ3) is 4.85. The number of ether oxygens (including phenoxy) is 1. The SMILES string of the molecule is Cc1cc([N+](=O)[O-])ccc1NC(=O)COC(=O)[C@H](O)c1ccccc1. The normalized spacial score (nSPS) is 11.4. The fourth-order valence-corrected chi connectivity index (χ4v) is 2.07. The molecule has 0 spiro atoms. The maximum Gasteiger partial charge on any atom is 0.340 e. The number of non-ortho nitro benzene ring substituents is 1. The quantitative estimate of drug-likeness (QED) is 0.471. The van der Waals surface area contributed by atoms with Gasteiger partial charge in [0.15, 0.2) is 12.7 Å². The molecule has 1 atom stereocenters. The largest absolute Gasteiger partial charge is 0.453 e. The van der Waals surface area contributed by atoms with Crippen molar-refractivity contribution in [2.45, 2.75) is 13.0 Å². The number of nitro benzene ring substituents is 1. The first-order chi connectivity index (χ1) is 11.9. The molecule has 0 aliphatic rings. The Balaban J connectivity index is 1.90. The van der Waals surface area contributed by atoms with E-state index in [0.29, 0.717) is 16.8 Å². The molecule has 0 saturated heterocycles. The molecule has 2 aromatic rings. The minimum Gasteiger partial charge on any atom is -0.453 e. The van der Waals surface area contributed by atoms with Crippen LogP contribution in [0.2, 0.25) is 0 Å². The van der Waals surface area contributed by atoms with Crippen LogP contribution in [-0.2, 0) is 14.3 Å². The van der Waals surface area contributed by atoms with E-state index in [2.05, 4.69) is 5.32 Å². The second-order valence-corrected chi connectivity index (χ2v) is 5.23. The summed E-state index contributed by atoms with van der Waals surface area (Å²) in [6.07, 6.45) is -1.48.